The maximum Gasteiger partial charge on any atom is 0.378 e. The Balaban J connectivity index is 2.46. The molecule has 0 saturated carbocycles. The Labute approximate surface area is 112 Å². The van der Waals surface area contributed by atoms with Gasteiger partial charge in [-0.2, -0.15) is 9.67 Å². The molecule has 0 bridgehead atoms. The van der Waals surface area contributed by atoms with E-state index in [1.54, 1.807) is 13.8 Å². The minimum absolute atomic E-state index is 0.135. The highest BCUT2D eigenvalue weighted by Gasteiger charge is 2.19. The summed E-state index contributed by atoms with van der Waals surface area (Å²) in [5, 5.41) is 3.71. The summed E-state index contributed by atoms with van der Waals surface area (Å²) in [6.07, 6.45) is 0.913. The van der Waals surface area contributed by atoms with E-state index < -0.39 is 11.8 Å². The van der Waals surface area contributed by atoms with Gasteiger partial charge in [-0.1, -0.05) is 0 Å². The van der Waals surface area contributed by atoms with Gasteiger partial charge in [0.2, 0.25) is 5.28 Å². The molecule has 9 heteroatoms. The first-order valence-corrected chi connectivity index (χ1v) is 5.70. The summed E-state index contributed by atoms with van der Waals surface area (Å²) in [6, 6.07) is 0. The van der Waals surface area contributed by atoms with Gasteiger partial charge in [0.15, 0.2) is 11.6 Å². The smallest absolute Gasteiger partial charge is 0.378 e. The summed E-state index contributed by atoms with van der Waals surface area (Å²) < 4.78 is 19.4. The molecule has 0 unspecified atom stereocenters. The van der Waals surface area contributed by atoms with Crippen molar-refractivity contribution in [3.05, 3.63) is 28.9 Å². The number of rotatable bonds is 3. The van der Waals surface area contributed by atoms with Crippen LogP contribution in [0.1, 0.15) is 23.4 Å². The molecule has 19 heavy (non-hydrogen) atoms. The van der Waals surface area contributed by atoms with E-state index in [0.29, 0.717) is 0 Å². The van der Waals surface area contributed by atoms with Gasteiger partial charge in [0.05, 0.1) is 12.8 Å². The van der Waals surface area contributed by atoms with Gasteiger partial charge in [0, 0.05) is 0 Å². The summed E-state index contributed by atoms with van der Waals surface area (Å²) >= 11 is 5.60. The van der Waals surface area contributed by atoms with Gasteiger partial charge >= 0.3 is 5.97 Å². The largest absolute Gasteiger partial charge is 0.460 e. The van der Waals surface area contributed by atoms with Crippen molar-refractivity contribution in [2.75, 3.05) is 6.61 Å². The summed E-state index contributed by atoms with van der Waals surface area (Å²) in [5.74, 6) is -1.50. The molecule has 100 valence electrons. The molecule has 2 aromatic heterocycles. The monoisotopic (exact) mass is 285 g/mol. The standard InChI is InChI=1S/C10H9ClFN5O2/c1-3-19-9(18)7-14-5(2)17(16-7)8-6(12)4-13-10(11)15-8/h4H,3H2,1-2H3. The first-order chi connectivity index (χ1) is 9.02. The van der Waals surface area contributed by atoms with Crippen LogP contribution in [0.15, 0.2) is 6.20 Å². The minimum atomic E-state index is -0.729. The molecule has 2 aromatic rings. The Morgan fingerprint density at radius 1 is 1.53 bits per heavy atom. The van der Waals surface area contributed by atoms with Gasteiger partial charge in [0.25, 0.3) is 5.82 Å². The topological polar surface area (TPSA) is 82.8 Å². The minimum Gasteiger partial charge on any atom is -0.460 e. The molecule has 0 radical (unpaired) electrons. The van der Waals surface area contributed by atoms with E-state index in [0.717, 1.165) is 10.9 Å². The molecule has 0 fully saturated rings. The molecule has 2 rings (SSSR count). The maximum absolute atomic E-state index is 13.6. The predicted octanol–water partition coefficient (Wildman–Crippen LogP) is 1.33. The molecule has 0 aliphatic heterocycles. The lowest BCUT2D eigenvalue weighted by Crippen LogP contribution is -2.09. The summed E-state index contributed by atoms with van der Waals surface area (Å²) in [5.41, 5.74) is 0. The second-order valence-electron chi connectivity index (χ2n) is 3.43. The number of halogens is 2. The van der Waals surface area contributed by atoms with Crippen LogP contribution >= 0.6 is 11.6 Å². The fourth-order valence-electron chi connectivity index (χ4n) is 1.36. The number of hydrogen-bond acceptors (Lipinski definition) is 6. The number of aryl methyl sites for hydroxylation is 1. The zero-order valence-electron chi connectivity index (χ0n) is 10.1. The van der Waals surface area contributed by atoms with E-state index in [9.17, 15) is 9.18 Å². The third kappa shape index (κ3) is 2.68. The average Bonchev–Trinajstić information content (AvgIpc) is 2.75. The van der Waals surface area contributed by atoms with Crippen molar-refractivity contribution in [2.45, 2.75) is 13.8 Å². The molecular formula is C10H9ClFN5O2. The molecule has 0 aromatic carbocycles. The van der Waals surface area contributed by atoms with Crippen molar-refractivity contribution in [3.63, 3.8) is 0 Å². The van der Waals surface area contributed by atoms with Crippen molar-refractivity contribution < 1.29 is 13.9 Å². The number of esters is 1. The lowest BCUT2D eigenvalue weighted by Gasteiger charge is -2.02. The van der Waals surface area contributed by atoms with Crippen molar-refractivity contribution in [1.82, 2.24) is 24.7 Å². The lowest BCUT2D eigenvalue weighted by molar-refractivity contribution is 0.0512. The van der Waals surface area contributed by atoms with Gasteiger partial charge in [-0.15, -0.1) is 5.10 Å². The van der Waals surface area contributed by atoms with Crippen molar-refractivity contribution in [1.29, 1.82) is 0 Å². The molecule has 0 N–H and O–H groups in total. The second-order valence-corrected chi connectivity index (χ2v) is 3.76. The van der Waals surface area contributed by atoms with Crippen LogP contribution in [-0.2, 0) is 4.74 Å². The van der Waals surface area contributed by atoms with Crippen molar-refractivity contribution >= 4 is 17.6 Å². The Morgan fingerprint density at radius 3 is 2.95 bits per heavy atom. The van der Waals surface area contributed by atoms with E-state index in [1.807, 2.05) is 0 Å². The average molecular weight is 286 g/mol. The summed E-state index contributed by atoms with van der Waals surface area (Å²) in [6.45, 7) is 3.40. The Morgan fingerprint density at radius 2 is 2.26 bits per heavy atom. The van der Waals surface area contributed by atoms with Crippen LogP contribution in [0.4, 0.5) is 4.39 Å². The van der Waals surface area contributed by atoms with Crippen LogP contribution < -0.4 is 0 Å². The summed E-state index contributed by atoms with van der Waals surface area (Å²) in [4.78, 5) is 22.6. The van der Waals surface area contributed by atoms with E-state index in [2.05, 4.69) is 20.1 Å². The van der Waals surface area contributed by atoms with Crippen LogP contribution in [-0.4, -0.2) is 37.3 Å². The molecule has 0 aliphatic rings. The number of carbonyl (C=O) groups is 1. The van der Waals surface area contributed by atoms with E-state index >= 15 is 0 Å². The summed E-state index contributed by atoms with van der Waals surface area (Å²) in [7, 11) is 0. The highest BCUT2D eigenvalue weighted by Crippen LogP contribution is 2.13. The maximum atomic E-state index is 13.6. The molecule has 7 nitrogen and oxygen atoms in total. The molecule has 0 amide bonds. The Bertz CT molecular complexity index is 630. The SMILES string of the molecule is CCOC(=O)c1nc(C)n(-c2nc(Cl)ncc2F)n1. The van der Waals surface area contributed by atoms with E-state index in [1.165, 1.54) is 0 Å². The van der Waals surface area contributed by atoms with Crippen LogP contribution in [0.25, 0.3) is 5.82 Å². The predicted molar refractivity (Wildman–Crippen MR) is 62.6 cm³/mol. The molecule has 0 atom stereocenters. The van der Waals surface area contributed by atoms with Gasteiger partial charge < -0.3 is 4.74 Å². The van der Waals surface area contributed by atoms with Crippen LogP contribution in [0.2, 0.25) is 5.28 Å². The number of ether oxygens (including phenoxy) is 1. The highest BCUT2D eigenvalue weighted by molar-refractivity contribution is 6.28. The normalized spacial score (nSPS) is 10.5. The molecule has 0 spiro atoms. The third-order valence-electron chi connectivity index (χ3n) is 2.12. The molecular weight excluding hydrogens is 277 g/mol. The van der Waals surface area contributed by atoms with E-state index in [-0.39, 0.29) is 29.4 Å². The quantitative estimate of drug-likeness (QED) is 0.625. The highest BCUT2D eigenvalue weighted by atomic mass is 35.5. The van der Waals surface area contributed by atoms with Crippen molar-refractivity contribution in [3.8, 4) is 5.82 Å². The molecule has 0 aliphatic carbocycles. The van der Waals surface area contributed by atoms with Gasteiger partial charge in [-0.05, 0) is 25.4 Å². The Kier molecular flexibility index (Phi) is 3.70. The Hall–Kier alpha value is -2.09. The second kappa shape index (κ2) is 5.27. The zero-order valence-corrected chi connectivity index (χ0v) is 10.8. The fraction of sp³-hybridized carbons (Fsp3) is 0.300. The number of carbonyl (C=O) groups excluding carboxylic acids is 1. The number of nitrogens with zero attached hydrogens (tertiary/aromatic N) is 5. The van der Waals surface area contributed by atoms with Gasteiger partial charge in [0.1, 0.15) is 5.82 Å². The van der Waals surface area contributed by atoms with Crippen molar-refractivity contribution in [2.24, 2.45) is 0 Å². The van der Waals surface area contributed by atoms with E-state index in [4.69, 9.17) is 16.3 Å². The first kappa shape index (κ1) is 13.3. The third-order valence-corrected chi connectivity index (χ3v) is 2.31. The van der Waals surface area contributed by atoms with Crippen LogP contribution in [0.3, 0.4) is 0 Å². The van der Waals surface area contributed by atoms with Gasteiger partial charge in [-0.25, -0.2) is 19.2 Å². The first-order valence-electron chi connectivity index (χ1n) is 5.32. The molecule has 0 saturated heterocycles. The molecule has 2 heterocycles. The zero-order chi connectivity index (χ0) is 14.0. The lowest BCUT2D eigenvalue weighted by atomic mass is 10.5. The number of aromatic nitrogens is 5. The fourth-order valence-corrected chi connectivity index (χ4v) is 1.49. The van der Waals surface area contributed by atoms with Crippen LogP contribution in [0.5, 0.6) is 0 Å². The van der Waals surface area contributed by atoms with Gasteiger partial charge in [-0.3, -0.25) is 0 Å². The number of hydrogen-bond donors (Lipinski definition) is 0. The van der Waals surface area contributed by atoms with Crippen LogP contribution in [0, 0.1) is 12.7 Å².